The summed E-state index contributed by atoms with van der Waals surface area (Å²) in [6, 6.07) is 10.6. The quantitative estimate of drug-likeness (QED) is 0.483. The summed E-state index contributed by atoms with van der Waals surface area (Å²) in [5, 5.41) is 3.81. The number of hydrogen-bond donors (Lipinski definition) is 2. The molecule has 0 unspecified atom stereocenters. The molecule has 1 amide bonds. The van der Waals surface area contributed by atoms with Crippen molar-refractivity contribution < 1.29 is 23.0 Å². The lowest BCUT2D eigenvalue weighted by Crippen LogP contribution is -2.17. The predicted molar refractivity (Wildman–Crippen MR) is 85.5 cm³/mol. The highest BCUT2D eigenvalue weighted by atomic mass is 19.3. The van der Waals surface area contributed by atoms with Crippen LogP contribution in [-0.4, -0.2) is 25.8 Å². The van der Waals surface area contributed by atoms with Gasteiger partial charge in [-0.1, -0.05) is 0 Å². The molecule has 0 aromatic heterocycles. The van der Waals surface area contributed by atoms with E-state index in [0.717, 1.165) is 0 Å². The number of nitrogens with two attached hydrogens (primary N) is 1. The van der Waals surface area contributed by atoms with Crippen molar-refractivity contribution in [1.82, 2.24) is 5.43 Å². The summed E-state index contributed by atoms with van der Waals surface area (Å²) in [6.07, 6.45) is 1.35. The van der Waals surface area contributed by atoms with E-state index in [1.54, 1.807) is 24.3 Å². The molecule has 0 saturated carbocycles. The minimum atomic E-state index is -2.95. The maximum absolute atomic E-state index is 12.3. The Labute approximate surface area is 136 Å². The Hall–Kier alpha value is -3.16. The molecule has 6 nitrogen and oxygen atoms in total. The van der Waals surface area contributed by atoms with E-state index in [1.165, 1.54) is 31.5 Å². The van der Waals surface area contributed by atoms with E-state index in [2.05, 4.69) is 15.3 Å². The van der Waals surface area contributed by atoms with Crippen LogP contribution in [0.15, 0.2) is 47.6 Å². The Bertz CT molecular complexity index is 734. The topological polar surface area (TPSA) is 85.9 Å². The van der Waals surface area contributed by atoms with Crippen molar-refractivity contribution in [2.24, 2.45) is 5.10 Å². The van der Waals surface area contributed by atoms with Crippen LogP contribution in [0.1, 0.15) is 15.9 Å². The number of nitrogens with one attached hydrogen (secondary N) is 1. The van der Waals surface area contributed by atoms with Crippen molar-refractivity contribution in [2.75, 3.05) is 12.8 Å². The first kappa shape index (κ1) is 17.2. The molecular formula is C16H15F2N3O3. The molecule has 0 saturated heterocycles. The van der Waals surface area contributed by atoms with Crippen LogP contribution in [0.5, 0.6) is 11.5 Å². The van der Waals surface area contributed by atoms with Gasteiger partial charge in [0.15, 0.2) is 11.5 Å². The molecule has 0 fully saturated rings. The molecule has 0 bridgehead atoms. The van der Waals surface area contributed by atoms with Gasteiger partial charge in [0.1, 0.15) is 0 Å². The molecule has 0 aliphatic carbocycles. The van der Waals surface area contributed by atoms with Crippen LogP contribution in [0.25, 0.3) is 0 Å². The second kappa shape index (κ2) is 7.91. The number of amides is 1. The van der Waals surface area contributed by atoms with Crippen LogP contribution in [0.3, 0.4) is 0 Å². The largest absolute Gasteiger partial charge is 0.493 e. The van der Waals surface area contributed by atoms with Crippen LogP contribution < -0.4 is 20.6 Å². The second-order valence-corrected chi connectivity index (χ2v) is 4.61. The van der Waals surface area contributed by atoms with Crippen LogP contribution >= 0.6 is 0 Å². The number of ether oxygens (including phenoxy) is 2. The number of carbonyl (C=O) groups is 1. The van der Waals surface area contributed by atoms with Crippen LogP contribution in [0, 0.1) is 0 Å². The number of nitrogens with zero attached hydrogens (tertiary/aromatic N) is 1. The maximum atomic E-state index is 12.3. The number of hydrazone groups is 1. The molecule has 0 spiro atoms. The van der Waals surface area contributed by atoms with E-state index < -0.39 is 12.5 Å². The van der Waals surface area contributed by atoms with E-state index in [4.69, 9.17) is 10.5 Å². The van der Waals surface area contributed by atoms with Crippen molar-refractivity contribution in [3.8, 4) is 11.5 Å². The fourth-order valence-electron chi connectivity index (χ4n) is 1.82. The molecule has 0 aliphatic heterocycles. The summed E-state index contributed by atoms with van der Waals surface area (Å²) in [5.74, 6) is -0.365. The maximum Gasteiger partial charge on any atom is 0.387 e. The average Bonchev–Trinajstić information content (AvgIpc) is 2.56. The third-order valence-corrected chi connectivity index (χ3v) is 2.96. The van der Waals surface area contributed by atoms with Gasteiger partial charge in [-0.2, -0.15) is 13.9 Å². The molecule has 0 radical (unpaired) electrons. The zero-order valence-corrected chi connectivity index (χ0v) is 12.7. The number of methoxy groups -OCH3 is 1. The van der Waals surface area contributed by atoms with Crippen molar-refractivity contribution >= 4 is 17.8 Å². The molecule has 0 atom stereocenters. The SMILES string of the molecule is COc1cc(C=NNC(=O)c2ccc(N)cc2)ccc1OC(F)F. The van der Waals surface area contributed by atoms with Gasteiger partial charge in [0.05, 0.1) is 13.3 Å². The highest BCUT2D eigenvalue weighted by molar-refractivity contribution is 5.95. The van der Waals surface area contributed by atoms with Gasteiger partial charge < -0.3 is 15.2 Å². The predicted octanol–water partition coefficient (Wildman–Crippen LogP) is 2.64. The minimum Gasteiger partial charge on any atom is -0.493 e. The standard InChI is InChI=1S/C16H15F2N3O3/c1-23-14-8-10(2-7-13(14)24-16(17)18)9-20-21-15(22)11-3-5-12(19)6-4-11/h2-9,16H,19H2,1H3,(H,21,22). The number of anilines is 1. The first-order valence-corrected chi connectivity index (χ1v) is 6.81. The van der Waals surface area contributed by atoms with Gasteiger partial charge in [0.25, 0.3) is 5.91 Å². The van der Waals surface area contributed by atoms with Crippen molar-refractivity contribution in [3.05, 3.63) is 53.6 Å². The summed E-state index contributed by atoms with van der Waals surface area (Å²) in [4.78, 5) is 11.9. The van der Waals surface area contributed by atoms with Gasteiger partial charge in [-0.3, -0.25) is 4.79 Å². The smallest absolute Gasteiger partial charge is 0.387 e. The third-order valence-electron chi connectivity index (χ3n) is 2.96. The van der Waals surface area contributed by atoms with E-state index in [-0.39, 0.29) is 11.5 Å². The van der Waals surface area contributed by atoms with E-state index in [0.29, 0.717) is 16.8 Å². The first-order valence-electron chi connectivity index (χ1n) is 6.81. The number of carbonyl (C=O) groups excluding carboxylic acids is 1. The van der Waals surface area contributed by atoms with Gasteiger partial charge in [-0.15, -0.1) is 0 Å². The number of rotatable bonds is 6. The average molecular weight is 335 g/mol. The van der Waals surface area contributed by atoms with Gasteiger partial charge >= 0.3 is 6.61 Å². The van der Waals surface area contributed by atoms with E-state index >= 15 is 0 Å². The number of nitrogen functional groups attached to an aromatic ring is 1. The van der Waals surface area contributed by atoms with Gasteiger partial charge in [0, 0.05) is 11.3 Å². The fraction of sp³-hybridized carbons (Fsp3) is 0.125. The highest BCUT2D eigenvalue weighted by Gasteiger charge is 2.10. The highest BCUT2D eigenvalue weighted by Crippen LogP contribution is 2.28. The van der Waals surface area contributed by atoms with E-state index in [1.807, 2.05) is 0 Å². The molecule has 126 valence electrons. The summed E-state index contributed by atoms with van der Waals surface area (Å²) >= 11 is 0. The van der Waals surface area contributed by atoms with Gasteiger partial charge in [-0.25, -0.2) is 5.43 Å². The first-order chi connectivity index (χ1) is 11.5. The fourth-order valence-corrected chi connectivity index (χ4v) is 1.82. The van der Waals surface area contributed by atoms with E-state index in [9.17, 15) is 13.6 Å². The summed E-state index contributed by atoms with van der Waals surface area (Å²) in [6.45, 7) is -2.95. The van der Waals surface area contributed by atoms with Crippen molar-refractivity contribution in [3.63, 3.8) is 0 Å². The summed E-state index contributed by atoms with van der Waals surface area (Å²) in [7, 11) is 1.33. The lowest BCUT2D eigenvalue weighted by molar-refractivity contribution is -0.0512. The van der Waals surface area contributed by atoms with Crippen LogP contribution in [-0.2, 0) is 0 Å². The normalized spacial score (nSPS) is 10.8. The van der Waals surface area contributed by atoms with Gasteiger partial charge in [-0.05, 0) is 48.0 Å². The molecule has 3 N–H and O–H groups in total. The molecule has 0 aliphatic rings. The Kier molecular flexibility index (Phi) is 5.67. The number of benzene rings is 2. The third kappa shape index (κ3) is 4.67. The number of alkyl halides is 2. The molecule has 8 heteroatoms. The summed E-state index contributed by atoms with van der Waals surface area (Å²) < 4.78 is 33.8. The monoisotopic (exact) mass is 335 g/mol. The van der Waals surface area contributed by atoms with Crippen LogP contribution in [0.2, 0.25) is 0 Å². The zero-order chi connectivity index (χ0) is 17.5. The molecule has 2 aromatic carbocycles. The Morgan fingerprint density at radius 2 is 1.92 bits per heavy atom. The molecule has 0 heterocycles. The number of hydrogen-bond acceptors (Lipinski definition) is 5. The zero-order valence-electron chi connectivity index (χ0n) is 12.7. The Balaban J connectivity index is 2.03. The molecular weight excluding hydrogens is 320 g/mol. The number of halogens is 2. The lowest BCUT2D eigenvalue weighted by Gasteiger charge is -2.09. The molecule has 2 aromatic rings. The second-order valence-electron chi connectivity index (χ2n) is 4.61. The molecule has 2 rings (SSSR count). The van der Waals surface area contributed by atoms with Gasteiger partial charge in [0.2, 0.25) is 0 Å². The lowest BCUT2D eigenvalue weighted by atomic mass is 10.2. The Morgan fingerprint density at radius 3 is 2.54 bits per heavy atom. The Morgan fingerprint density at radius 1 is 1.21 bits per heavy atom. The van der Waals surface area contributed by atoms with Crippen molar-refractivity contribution in [1.29, 1.82) is 0 Å². The molecule has 24 heavy (non-hydrogen) atoms. The minimum absolute atomic E-state index is 0.0874. The van der Waals surface area contributed by atoms with Crippen molar-refractivity contribution in [2.45, 2.75) is 6.61 Å². The summed E-state index contributed by atoms with van der Waals surface area (Å²) in [5.41, 5.74) is 9.38. The van der Waals surface area contributed by atoms with Crippen LogP contribution in [0.4, 0.5) is 14.5 Å².